The van der Waals surface area contributed by atoms with Crippen LogP contribution >= 0.6 is 0 Å². The molecule has 0 aliphatic heterocycles. The quantitative estimate of drug-likeness (QED) is 0.767. The van der Waals surface area contributed by atoms with Gasteiger partial charge in [0.05, 0.1) is 11.4 Å². The third-order valence-corrected chi connectivity index (χ3v) is 2.86. The Bertz CT molecular complexity index is 444. The first kappa shape index (κ1) is 10.7. The molecule has 4 nitrogen and oxygen atoms in total. The average Bonchev–Trinajstić information content (AvgIpc) is 3.03. The molecule has 0 saturated heterocycles. The van der Waals surface area contributed by atoms with Gasteiger partial charge in [0.25, 0.3) is 0 Å². The van der Waals surface area contributed by atoms with Gasteiger partial charge in [-0.05, 0) is 25.0 Å². The van der Waals surface area contributed by atoms with E-state index in [2.05, 4.69) is 0 Å². The minimum absolute atomic E-state index is 0.144. The van der Waals surface area contributed by atoms with Crippen molar-refractivity contribution in [1.29, 1.82) is 0 Å². The molecule has 0 heterocycles. The summed E-state index contributed by atoms with van der Waals surface area (Å²) < 4.78 is 13.2. The molecule has 0 spiro atoms. The minimum atomic E-state index is -1.19. The highest BCUT2D eigenvalue weighted by Crippen LogP contribution is 2.34. The Balaban J connectivity index is 2.51. The van der Waals surface area contributed by atoms with Crippen LogP contribution in [-0.2, 0) is 0 Å². The van der Waals surface area contributed by atoms with Crippen LogP contribution < -0.4 is 10.6 Å². The lowest BCUT2D eigenvalue weighted by atomic mass is 10.1. The lowest BCUT2D eigenvalue weighted by Crippen LogP contribution is -2.23. The first-order chi connectivity index (χ1) is 7.52. The van der Waals surface area contributed by atoms with Crippen molar-refractivity contribution in [2.24, 2.45) is 0 Å². The third kappa shape index (κ3) is 1.68. The standard InChI is InChI=1S/C11H13FN2O2/c1-14(6-2-3-6)8-5-4-7(12)10(13)9(8)11(15)16/h4-6H,2-3,13H2,1H3,(H,15,16). The van der Waals surface area contributed by atoms with Crippen molar-refractivity contribution in [2.45, 2.75) is 18.9 Å². The van der Waals surface area contributed by atoms with E-state index in [0.717, 1.165) is 12.8 Å². The molecule has 1 saturated carbocycles. The largest absolute Gasteiger partial charge is 0.478 e. The molecule has 0 atom stereocenters. The molecule has 0 unspecified atom stereocenters. The molecular weight excluding hydrogens is 211 g/mol. The molecule has 5 heteroatoms. The number of carbonyl (C=O) groups is 1. The predicted molar refractivity (Wildman–Crippen MR) is 59.2 cm³/mol. The molecule has 0 aromatic heterocycles. The van der Waals surface area contributed by atoms with Crippen LogP contribution in [0.15, 0.2) is 12.1 Å². The summed E-state index contributed by atoms with van der Waals surface area (Å²) in [4.78, 5) is 12.9. The van der Waals surface area contributed by atoms with E-state index in [4.69, 9.17) is 10.8 Å². The number of carboxylic acid groups (broad SMARTS) is 1. The molecule has 0 radical (unpaired) electrons. The highest BCUT2D eigenvalue weighted by Gasteiger charge is 2.30. The fraction of sp³-hybridized carbons (Fsp3) is 0.364. The van der Waals surface area contributed by atoms with E-state index in [1.54, 1.807) is 7.05 Å². The highest BCUT2D eigenvalue weighted by molar-refractivity contribution is 6.00. The van der Waals surface area contributed by atoms with Gasteiger partial charge in [-0.2, -0.15) is 0 Å². The Kier molecular flexibility index (Phi) is 2.46. The number of benzene rings is 1. The number of nitrogen functional groups attached to an aromatic ring is 1. The SMILES string of the molecule is CN(c1ccc(F)c(N)c1C(=O)O)C1CC1. The van der Waals surface area contributed by atoms with Crippen LogP contribution in [-0.4, -0.2) is 24.2 Å². The zero-order valence-corrected chi connectivity index (χ0v) is 8.90. The minimum Gasteiger partial charge on any atom is -0.478 e. The van der Waals surface area contributed by atoms with Gasteiger partial charge in [0.1, 0.15) is 11.4 Å². The predicted octanol–water partition coefficient (Wildman–Crippen LogP) is 1.70. The summed E-state index contributed by atoms with van der Waals surface area (Å²) in [5.74, 6) is -1.88. The Labute approximate surface area is 92.5 Å². The number of halogens is 1. The second-order valence-corrected chi connectivity index (χ2v) is 4.00. The molecule has 3 N–H and O–H groups in total. The smallest absolute Gasteiger partial charge is 0.340 e. The van der Waals surface area contributed by atoms with Gasteiger partial charge in [-0.25, -0.2) is 9.18 Å². The molecular formula is C11H13FN2O2. The summed E-state index contributed by atoms with van der Waals surface area (Å²) >= 11 is 0. The van der Waals surface area contributed by atoms with E-state index in [0.29, 0.717) is 11.7 Å². The van der Waals surface area contributed by atoms with Gasteiger partial charge >= 0.3 is 5.97 Å². The maximum Gasteiger partial charge on any atom is 0.340 e. The van der Waals surface area contributed by atoms with Crippen molar-refractivity contribution in [3.05, 3.63) is 23.5 Å². The Morgan fingerprint density at radius 3 is 2.69 bits per heavy atom. The van der Waals surface area contributed by atoms with E-state index in [1.807, 2.05) is 4.90 Å². The fourth-order valence-corrected chi connectivity index (χ4v) is 1.76. The van der Waals surface area contributed by atoms with Crippen molar-refractivity contribution in [2.75, 3.05) is 17.7 Å². The summed E-state index contributed by atoms with van der Waals surface area (Å²) in [6.07, 6.45) is 2.07. The van der Waals surface area contributed by atoms with Crippen molar-refractivity contribution in [1.82, 2.24) is 0 Å². The molecule has 1 aromatic rings. The van der Waals surface area contributed by atoms with Crippen LogP contribution in [0.5, 0.6) is 0 Å². The van der Waals surface area contributed by atoms with Crippen LogP contribution in [0.4, 0.5) is 15.8 Å². The van der Waals surface area contributed by atoms with Crippen molar-refractivity contribution in [3.63, 3.8) is 0 Å². The maximum absolute atomic E-state index is 13.2. The average molecular weight is 224 g/mol. The van der Waals surface area contributed by atoms with Gasteiger partial charge in [0, 0.05) is 13.1 Å². The van der Waals surface area contributed by atoms with Gasteiger partial charge in [0.15, 0.2) is 0 Å². The molecule has 1 aromatic carbocycles. The van der Waals surface area contributed by atoms with E-state index < -0.39 is 11.8 Å². The number of hydrogen-bond acceptors (Lipinski definition) is 3. The summed E-state index contributed by atoms with van der Waals surface area (Å²) in [5.41, 5.74) is 5.50. The van der Waals surface area contributed by atoms with Gasteiger partial charge < -0.3 is 15.7 Å². The Morgan fingerprint density at radius 2 is 2.19 bits per heavy atom. The maximum atomic E-state index is 13.2. The second-order valence-electron chi connectivity index (χ2n) is 4.00. The third-order valence-electron chi connectivity index (χ3n) is 2.86. The summed E-state index contributed by atoms with van der Waals surface area (Å²) in [6.45, 7) is 0. The van der Waals surface area contributed by atoms with Gasteiger partial charge in [0.2, 0.25) is 0 Å². The number of rotatable bonds is 3. The van der Waals surface area contributed by atoms with Crippen molar-refractivity contribution in [3.8, 4) is 0 Å². The van der Waals surface area contributed by atoms with Crippen LogP contribution in [0.25, 0.3) is 0 Å². The van der Waals surface area contributed by atoms with Gasteiger partial charge in [-0.3, -0.25) is 0 Å². The lowest BCUT2D eigenvalue weighted by Gasteiger charge is -2.21. The van der Waals surface area contributed by atoms with Crippen LogP contribution in [0.1, 0.15) is 23.2 Å². The van der Waals surface area contributed by atoms with E-state index in [9.17, 15) is 9.18 Å². The van der Waals surface area contributed by atoms with Gasteiger partial charge in [-0.15, -0.1) is 0 Å². The molecule has 0 bridgehead atoms. The van der Waals surface area contributed by atoms with Crippen LogP contribution in [0, 0.1) is 5.82 Å². The number of carboxylic acids is 1. The zero-order valence-electron chi connectivity index (χ0n) is 8.90. The van der Waals surface area contributed by atoms with Crippen LogP contribution in [0.2, 0.25) is 0 Å². The van der Waals surface area contributed by atoms with Crippen LogP contribution in [0.3, 0.4) is 0 Å². The molecule has 0 amide bonds. The first-order valence-corrected chi connectivity index (χ1v) is 5.06. The number of anilines is 2. The van der Waals surface area contributed by atoms with E-state index in [1.165, 1.54) is 12.1 Å². The van der Waals surface area contributed by atoms with Crippen molar-refractivity contribution >= 4 is 17.3 Å². The summed E-state index contributed by atoms with van der Waals surface area (Å²) in [7, 11) is 1.80. The van der Waals surface area contributed by atoms with Crippen molar-refractivity contribution < 1.29 is 14.3 Å². The Morgan fingerprint density at radius 1 is 1.56 bits per heavy atom. The molecule has 86 valence electrons. The molecule has 16 heavy (non-hydrogen) atoms. The topological polar surface area (TPSA) is 66.6 Å². The fourth-order valence-electron chi connectivity index (χ4n) is 1.76. The summed E-state index contributed by atoms with van der Waals surface area (Å²) in [5, 5.41) is 9.05. The van der Waals surface area contributed by atoms with E-state index in [-0.39, 0.29) is 11.3 Å². The Hall–Kier alpha value is -1.78. The molecule has 2 rings (SSSR count). The zero-order chi connectivity index (χ0) is 11.9. The summed E-state index contributed by atoms with van der Waals surface area (Å²) in [6, 6.07) is 3.02. The number of hydrogen-bond donors (Lipinski definition) is 2. The second kappa shape index (κ2) is 3.66. The first-order valence-electron chi connectivity index (χ1n) is 5.06. The number of nitrogens with two attached hydrogens (primary N) is 1. The molecule has 1 aliphatic carbocycles. The normalized spacial score (nSPS) is 14.9. The lowest BCUT2D eigenvalue weighted by molar-refractivity contribution is 0.0698. The highest BCUT2D eigenvalue weighted by atomic mass is 19.1. The molecule has 1 fully saturated rings. The van der Waals surface area contributed by atoms with E-state index >= 15 is 0 Å². The monoisotopic (exact) mass is 224 g/mol. The van der Waals surface area contributed by atoms with Gasteiger partial charge in [-0.1, -0.05) is 0 Å². The molecule has 1 aliphatic rings. The number of nitrogens with zero attached hydrogens (tertiary/aromatic N) is 1. The number of aromatic carboxylic acids is 1.